The van der Waals surface area contributed by atoms with E-state index >= 15 is 0 Å². The second-order valence-electron chi connectivity index (χ2n) is 5.20. The van der Waals surface area contributed by atoms with Crippen LogP contribution >= 0.6 is 11.8 Å². The summed E-state index contributed by atoms with van der Waals surface area (Å²) < 4.78 is 0. The molecule has 0 saturated carbocycles. The highest BCUT2D eigenvalue weighted by molar-refractivity contribution is 7.98. The van der Waals surface area contributed by atoms with Crippen molar-refractivity contribution in [3.05, 3.63) is 66.1 Å². The average Bonchev–Trinajstić information content (AvgIpc) is 3.08. The smallest absolute Gasteiger partial charge is 0.0715 e. The summed E-state index contributed by atoms with van der Waals surface area (Å²) in [4.78, 5) is 4.17. The van der Waals surface area contributed by atoms with Crippen molar-refractivity contribution in [2.45, 2.75) is 19.2 Å². The van der Waals surface area contributed by atoms with Crippen molar-refractivity contribution in [1.82, 2.24) is 15.2 Å². The van der Waals surface area contributed by atoms with Gasteiger partial charge in [-0.15, -0.1) is 0 Å². The van der Waals surface area contributed by atoms with Crippen LogP contribution < -0.4 is 5.32 Å². The molecule has 2 heterocycles. The van der Waals surface area contributed by atoms with Crippen molar-refractivity contribution in [1.29, 1.82) is 0 Å². The van der Waals surface area contributed by atoms with E-state index < -0.39 is 0 Å². The zero-order valence-electron chi connectivity index (χ0n) is 13.1. The van der Waals surface area contributed by atoms with E-state index in [1.165, 1.54) is 5.56 Å². The maximum absolute atomic E-state index is 4.17. The third-order valence-electron chi connectivity index (χ3n) is 3.55. The molecule has 23 heavy (non-hydrogen) atoms. The van der Waals surface area contributed by atoms with Crippen LogP contribution in [0.5, 0.6) is 0 Å². The Kier molecular flexibility index (Phi) is 5.32. The van der Waals surface area contributed by atoms with Crippen LogP contribution in [0, 0.1) is 0 Å². The molecule has 0 amide bonds. The Morgan fingerprint density at radius 1 is 1.17 bits per heavy atom. The first-order valence-corrected chi connectivity index (χ1v) is 8.85. The summed E-state index contributed by atoms with van der Waals surface area (Å²) in [7, 11) is 0. The Labute approximate surface area is 140 Å². The summed E-state index contributed by atoms with van der Waals surface area (Å²) in [5, 5.41) is 10.7. The van der Waals surface area contributed by atoms with Gasteiger partial charge in [-0.3, -0.25) is 10.1 Å². The van der Waals surface area contributed by atoms with Gasteiger partial charge in [-0.05, 0) is 35.6 Å². The quantitative estimate of drug-likeness (QED) is 0.679. The summed E-state index contributed by atoms with van der Waals surface area (Å²) in [6.45, 7) is 2.91. The van der Waals surface area contributed by atoms with E-state index in [0.29, 0.717) is 0 Å². The predicted octanol–water partition coefficient (Wildman–Crippen LogP) is 4.34. The molecule has 0 radical (unpaired) electrons. The number of aromatic amines is 1. The van der Waals surface area contributed by atoms with E-state index in [-0.39, 0.29) is 0 Å². The lowest BCUT2D eigenvalue weighted by Crippen LogP contribution is -2.00. The van der Waals surface area contributed by atoms with Crippen LogP contribution in [0.1, 0.15) is 18.1 Å². The Hall–Kier alpha value is -2.27. The van der Waals surface area contributed by atoms with Gasteiger partial charge in [-0.25, -0.2) is 0 Å². The molecule has 0 aliphatic heterocycles. The van der Waals surface area contributed by atoms with Gasteiger partial charge < -0.3 is 5.32 Å². The molecular weight excluding hydrogens is 304 g/mol. The summed E-state index contributed by atoms with van der Waals surface area (Å²) in [6, 6.07) is 12.6. The van der Waals surface area contributed by atoms with Gasteiger partial charge in [0.1, 0.15) is 0 Å². The highest BCUT2D eigenvalue weighted by atomic mass is 32.2. The number of thioether (sulfide) groups is 1. The number of anilines is 1. The zero-order chi connectivity index (χ0) is 15.9. The fourth-order valence-electron chi connectivity index (χ4n) is 2.39. The summed E-state index contributed by atoms with van der Waals surface area (Å²) in [6.07, 6.45) is 5.49. The molecule has 0 fully saturated rings. The number of pyridine rings is 1. The zero-order valence-corrected chi connectivity index (χ0v) is 13.9. The summed E-state index contributed by atoms with van der Waals surface area (Å²) >= 11 is 1.94. The number of hydrogen-bond acceptors (Lipinski definition) is 4. The lowest BCUT2D eigenvalue weighted by atomic mass is 10.1. The molecule has 3 rings (SSSR count). The molecule has 0 aliphatic rings. The fraction of sp³-hybridized carbons (Fsp3) is 0.222. The van der Waals surface area contributed by atoms with Gasteiger partial charge >= 0.3 is 0 Å². The highest BCUT2D eigenvalue weighted by Crippen LogP contribution is 2.22. The molecule has 0 saturated heterocycles. The van der Waals surface area contributed by atoms with Gasteiger partial charge in [0.05, 0.1) is 11.9 Å². The molecule has 0 unspecified atom stereocenters. The molecule has 2 N–H and O–H groups in total. The average molecular weight is 324 g/mol. The molecule has 2 aromatic heterocycles. The molecule has 118 valence electrons. The molecule has 0 aliphatic carbocycles. The second-order valence-corrected chi connectivity index (χ2v) is 6.48. The van der Waals surface area contributed by atoms with E-state index in [1.807, 2.05) is 36.3 Å². The van der Waals surface area contributed by atoms with E-state index in [4.69, 9.17) is 0 Å². The van der Waals surface area contributed by atoms with Crippen LogP contribution in [-0.4, -0.2) is 20.9 Å². The topological polar surface area (TPSA) is 53.6 Å². The summed E-state index contributed by atoms with van der Waals surface area (Å²) in [5.41, 5.74) is 5.68. The Balaban J connectivity index is 1.69. The van der Waals surface area contributed by atoms with Crippen LogP contribution in [0.4, 0.5) is 5.69 Å². The van der Waals surface area contributed by atoms with Gasteiger partial charge in [-0.1, -0.05) is 19.1 Å². The molecule has 0 atom stereocenters. The second kappa shape index (κ2) is 7.83. The molecule has 0 spiro atoms. The first kappa shape index (κ1) is 15.6. The van der Waals surface area contributed by atoms with Crippen LogP contribution in [-0.2, 0) is 12.3 Å². The number of nitrogens with one attached hydrogen (secondary N) is 2. The highest BCUT2D eigenvalue weighted by Gasteiger charge is 2.07. The van der Waals surface area contributed by atoms with E-state index in [0.717, 1.165) is 40.6 Å². The van der Waals surface area contributed by atoms with E-state index in [2.05, 4.69) is 51.7 Å². The molecule has 5 heteroatoms. The first-order valence-electron chi connectivity index (χ1n) is 7.70. The minimum Gasteiger partial charge on any atom is -0.381 e. The van der Waals surface area contributed by atoms with Crippen LogP contribution in [0.3, 0.4) is 0 Å². The largest absolute Gasteiger partial charge is 0.381 e. The Bertz CT molecular complexity index is 740. The molecule has 0 bridgehead atoms. The number of benzene rings is 1. The Morgan fingerprint density at radius 2 is 2.13 bits per heavy atom. The maximum atomic E-state index is 4.17. The predicted molar refractivity (Wildman–Crippen MR) is 97.4 cm³/mol. The van der Waals surface area contributed by atoms with Gasteiger partial charge in [-0.2, -0.15) is 16.9 Å². The van der Waals surface area contributed by atoms with Crippen molar-refractivity contribution < 1.29 is 0 Å². The van der Waals surface area contributed by atoms with Gasteiger partial charge in [0.15, 0.2) is 0 Å². The fourth-order valence-corrected chi connectivity index (χ4v) is 3.01. The molecular formula is C18H20N4S. The van der Waals surface area contributed by atoms with Crippen molar-refractivity contribution in [3.63, 3.8) is 0 Å². The number of hydrogen-bond donors (Lipinski definition) is 2. The van der Waals surface area contributed by atoms with Crippen molar-refractivity contribution in [3.8, 4) is 11.3 Å². The first-order chi connectivity index (χ1) is 11.4. The minimum atomic E-state index is 0.727. The van der Waals surface area contributed by atoms with E-state index in [1.54, 1.807) is 6.20 Å². The lowest BCUT2D eigenvalue weighted by molar-refractivity contribution is 1.09. The van der Waals surface area contributed by atoms with Gasteiger partial charge in [0, 0.05) is 41.5 Å². The summed E-state index contributed by atoms with van der Waals surface area (Å²) in [5.74, 6) is 2.19. The monoisotopic (exact) mass is 324 g/mol. The number of aromatic nitrogens is 3. The standard InChI is InChI=1S/C18H20N4S/c1-2-23-13-14-5-3-7-17(9-14)20-11-16-12-21-22-18(16)15-6-4-8-19-10-15/h3-10,12,20H,2,11,13H2,1H3,(H,21,22). The Morgan fingerprint density at radius 3 is 2.96 bits per heavy atom. The van der Waals surface area contributed by atoms with Crippen LogP contribution in [0.15, 0.2) is 55.0 Å². The third kappa shape index (κ3) is 4.13. The molecule has 1 aromatic carbocycles. The maximum Gasteiger partial charge on any atom is 0.0715 e. The molecule has 4 nitrogen and oxygen atoms in total. The third-order valence-corrected chi connectivity index (χ3v) is 4.50. The van der Waals surface area contributed by atoms with Crippen molar-refractivity contribution in [2.24, 2.45) is 0 Å². The lowest BCUT2D eigenvalue weighted by Gasteiger charge is -2.09. The minimum absolute atomic E-state index is 0.727. The number of rotatable bonds is 7. The van der Waals surface area contributed by atoms with Crippen LogP contribution in [0.2, 0.25) is 0 Å². The normalized spacial score (nSPS) is 10.7. The SMILES string of the molecule is CCSCc1cccc(NCc2cn[nH]c2-c2cccnc2)c1. The number of nitrogens with zero attached hydrogens (tertiary/aromatic N) is 2. The number of H-pyrrole nitrogens is 1. The molecule has 3 aromatic rings. The van der Waals surface area contributed by atoms with Gasteiger partial charge in [0.25, 0.3) is 0 Å². The van der Waals surface area contributed by atoms with Gasteiger partial charge in [0.2, 0.25) is 0 Å². The van der Waals surface area contributed by atoms with E-state index in [9.17, 15) is 0 Å². The van der Waals surface area contributed by atoms with Crippen molar-refractivity contribution in [2.75, 3.05) is 11.1 Å². The van der Waals surface area contributed by atoms with Crippen LogP contribution in [0.25, 0.3) is 11.3 Å². The van der Waals surface area contributed by atoms with Crippen molar-refractivity contribution >= 4 is 17.4 Å².